The van der Waals surface area contributed by atoms with E-state index in [0.29, 0.717) is 12.6 Å². The number of carbonyl (C=O) groups excluding carboxylic acids is 1. The van der Waals surface area contributed by atoms with E-state index in [1.165, 1.54) is 12.8 Å². The lowest BCUT2D eigenvalue weighted by Gasteiger charge is -2.22. The molecule has 2 amide bonds. The first-order valence-corrected chi connectivity index (χ1v) is 9.59. The van der Waals surface area contributed by atoms with Crippen LogP contribution in [0.15, 0.2) is 24.3 Å². The van der Waals surface area contributed by atoms with Crippen LogP contribution in [0.25, 0.3) is 0 Å². The second-order valence-corrected chi connectivity index (χ2v) is 7.76. The van der Waals surface area contributed by atoms with E-state index in [0.717, 1.165) is 63.3 Å². The van der Waals surface area contributed by atoms with E-state index in [-0.39, 0.29) is 11.4 Å². The Morgan fingerprint density at radius 2 is 2.12 bits per heavy atom. The highest BCUT2D eigenvalue weighted by Crippen LogP contribution is 2.38. The van der Waals surface area contributed by atoms with Gasteiger partial charge in [-0.2, -0.15) is 0 Å². The minimum atomic E-state index is 0.0273. The maximum atomic E-state index is 12.5. The number of likely N-dealkylation sites (tertiary alicyclic amines) is 1. The van der Waals surface area contributed by atoms with Crippen molar-refractivity contribution in [1.82, 2.24) is 10.2 Å². The van der Waals surface area contributed by atoms with Crippen molar-refractivity contribution in [2.75, 3.05) is 26.3 Å². The van der Waals surface area contributed by atoms with Crippen molar-refractivity contribution in [3.05, 3.63) is 29.8 Å². The average Bonchev–Trinajstić information content (AvgIpc) is 3.38. The van der Waals surface area contributed by atoms with Gasteiger partial charge in [-0.3, -0.25) is 0 Å². The number of hydrogen-bond acceptors (Lipinski definition) is 3. The predicted molar refractivity (Wildman–Crippen MR) is 95.6 cm³/mol. The third-order valence-electron chi connectivity index (χ3n) is 5.91. The van der Waals surface area contributed by atoms with Crippen LogP contribution >= 0.6 is 0 Å². The Morgan fingerprint density at radius 1 is 1.28 bits per heavy atom. The molecule has 0 radical (unpaired) electrons. The topological polar surface area (TPSA) is 50.8 Å². The zero-order chi connectivity index (χ0) is 17.1. The molecule has 2 heterocycles. The van der Waals surface area contributed by atoms with Crippen LogP contribution in [0.2, 0.25) is 0 Å². The van der Waals surface area contributed by atoms with Crippen LogP contribution in [-0.4, -0.2) is 43.3 Å². The highest BCUT2D eigenvalue weighted by Gasteiger charge is 2.42. The third-order valence-corrected chi connectivity index (χ3v) is 5.91. The molecule has 3 aliphatic rings. The maximum Gasteiger partial charge on any atom is 0.317 e. The van der Waals surface area contributed by atoms with Crippen LogP contribution in [0.5, 0.6) is 5.75 Å². The first-order chi connectivity index (χ1) is 12.2. The zero-order valence-corrected chi connectivity index (χ0v) is 14.8. The second kappa shape index (κ2) is 7.24. The monoisotopic (exact) mass is 344 g/mol. The quantitative estimate of drug-likeness (QED) is 0.911. The molecule has 1 aromatic rings. The number of carbonyl (C=O) groups is 1. The first-order valence-electron chi connectivity index (χ1n) is 9.59. The summed E-state index contributed by atoms with van der Waals surface area (Å²) in [5.41, 5.74) is 1.27. The number of hydrogen-bond donors (Lipinski definition) is 1. The molecule has 136 valence electrons. The number of ether oxygens (including phenoxy) is 2. The number of rotatable bonds is 4. The van der Waals surface area contributed by atoms with E-state index < -0.39 is 0 Å². The minimum Gasteiger partial charge on any atom is -0.490 e. The Balaban J connectivity index is 1.32. The first kappa shape index (κ1) is 16.7. The zero-order valence-electron chi connectivity index (χ0n) is 14.8. The molecule has 5 heteroatoms. The maximum absolute atomic E-state index is 12.5. The Hall–Kier alpha value is -1.75. The Morgan fingerprint density at radius 3 is 2.92 bits per heavy atom. The summed E-state index contributed by atoms with van der Waals surface area (Å²) in [7, 11) is 0. The molecule has 4 rings (SSSR count). The van der Waals surface area contributed by atoms with Crippen LogP contribution in [0, 0.1) is 5.41 Å². The molecular weight excluding hydrogens is 316 g/mol. The second-order valence-electron chi connectivity index (χ2n) is 7.76. The van der Waals surface area contributed by atoms with Gasteiger partial charge in [0.05, 0.1) is 12.7 Å². The molecule has 3 fully saturated rings. The molecule has 1 aromatic carbocycles. The highest BCUT2D eigenvalue weighted by atomic mass is 16.5. The van der Waals surface area contributed by atoms with Gasteiger partial charge in [0.25, 0.3) is 0 Å². The molecule has 2 saturated heterocycles. The summed E-state index contributed by atoms with van der Waals surface area (Å²) >= 11 is 0. The largest absolute Gasteiger partial charge is 0.490 e. The van der Waals surface area contributed by atoms with Gasteiger partial charge >= 0.3 is 6.03 Å². The third kappa shape index (κ3) is 3.76. The molecule has 1 saturated carbocycles. The van der Waals surface area contributed by atoms with Crippen molar-refractivity contribution >= 4 is 6.03 Å². The van der Waals surface area contributed by atoms with Gasteiger partial charge in [0, 0.05) is 37.2 Å². The van der Waals surface area contributed by atoms with Gasteiger partial charge < -0.3 is 19.7 Å². The van der Waals surface area contributed by atoms with Crippen molar-refractivity contribution in [3.8, 4) is 5.75 Å². The normalized spacial score (nSPS) is 26.5. The molecular formula is C20H28N2O3. The number of nitrogens with one attached hydrogen (secondary N) is 1. The summed E-state index contributed by atoms with van der Waals surface area (Å²) in [4.78, 5) is 14.5. The van der Waals surface area contributed by atoms with E-state index >= 15 is 0 Å². The fourth-order valence-electron chi connectivity index (χ4n) is 4.31. The number of urea groups is 1. The van der Waals surface area contributed by atoms with Crippen molar-refractivity contribution < 1.29 is 14.3 Å². The van der Waals surface area contributed by atoms with Gasteiger partial charge in [-0.1, -0.05) is 18.2 Å². The summed E-state index contributed by atoms with van der Waals surface area (Å²) in [6.45, 7) is 3.80. The van der Waals surface area contributed by atoms with Crippen molar-refractivity contribution in [1.29, 1.82) is 0 Å². The Kier molecular flexibility index (Phi) is 4.84. The molecule has 2 aliphatic heterocycles. The molecule has 0 aromatic heterocycles. The number of nitrogens with zero attached hydrogens (tertiary/aromatic N) is 1. The number of benzene rings is 1. The van der Waals surface area contributed by atoms with E-state index in [1.807, 2.05) is 29.2 Å². The SMILES string of the molecule is O=C(NCc1ccccc1OC1CCCC1)N1CCC2(CCOC2)C1. The number of amides is 2. The van der Waals surface area contributed by atoms with Crippen LogP contribution in [0.1, 0.15) is 44.1 Å². The Bertz CT molecular complexity index is 607. The van der Waals surface area contributed by atoms with Crippen LogP contribution < -0.4 is 10.1 Å². The fourth-order valence-corrected chi connectivity index (χ4v) is 4.31. The summed E-state index contributed by atoms with van der Waals surface area (Å²) in [5.74, 6) is 0.914. The Labute approximate surface area is 149 Å². The van der Waals surface area contributed by atoms with Gasteiger partial charge in [0.2, 0.25) is 0 Å². The molecule has 1 aliphatic carbocycles. The lowest BCUT2D eigenvalue weighted by Crippen LogP contribution is -2.39. The smallest absolute Gasteiger partial charge is 0.317 e. The summed E-state index contributed by atoms with van der Waals surface area (Å²) in [5, 5.41) is 3.08. The van der Waals surface area contributed by atoms with Crippen LogP contribution in [0.3, 0.4) is 0 Å². The molecule has 1 N–H and O–H groups in total. The molecule has 1 atom stereocenters. The summed E-state index contributed by atoms with van der Waals surface area (Å²) < 4.78 is 11.7. The van der Waals surface area contributed by atoms with Gasteiger partial charge in [-0.25, -0.2) is 4.79 Å². The lowest BCUT2D eigenvalue weighted by molar-refractivity contribution is 0.152. The number of para-hydroxylation sites is 1. The van der Waals surface area contributed by atoms with Crippen molar-refractivity contribution in [2.24, 2.45) is 5.41 Å². The highest BCUT2D eigenvalue weighted by molar-refractivity contribution is 5.74. The summed E-state index contributed by atoms with van der Waals surface area (Å²) in [6, 6.07) is 8.09. The van der Waals surface area contributed by atoms with E-state index in [2.05, 4.69) is 5.32 Å². The van der Waals surface area contributed by atoms with Crippen LogP contribution in [-0.2, 0) is 11.3 Å². The van der Waals surface area contributed by atoms with Gasteiger partial charge in [-0.15, -0.1) is 0 Å². The van der Waals surface area contributed by atoms with E-state index in [1.54, 1.807) is 0 Å². The molecule has 0 bridgehead atoms. The minimum absolute atomic E-state index is 0.0273. The molecule has 1 unspecified atom stereocenters. The van der Waals surface area contributed by atoms with Crippen LogP contribution in [0.4, 0.5) is 4.79 Å². The molecule has 1 spiro atoms. The lowest BCUT2D eigenvalue weighted by atomic mass is 9.87. The van der Waals surface area contributed by atoms with E-state index in [4.69, 9.17) is 9.47 Å². The summed E-state index contributed by atoms with van der Waals surface area (Å²) in [6.07, 6.45) is 7.25. The predicted octanol–water partition coefficient (Wildman–Crippen LogP) is 3.33. The van der Waals surface area contributed by atoms with E-state index in [9.17, 15) is 4.79 Å². The molecule has 5 nitrogen and oxygen atoms in total. The van der Waals surface area contributed by atoms with Gasteiger partial charge in [0.15, 0.2) is 0 Å². The van der Waals surface area contributed by atoms with Gasteiger partial charge in [0.1, 0.15) is 5.75 Å². The van der Waals surface area contributed by atoms with Crippen molar-refractivity contribution in [2.45, 2.75) is 51.2 Å². The average molecular weight is 344 g/mol. The standard InChI is InChI=1S/C20H28N2O3/c23-19(22-11-9-20(14-22)10-12-24-15-20)21-13-16-5-1-4-8-18(16)25-17-6-2-3-7-17/h1,4-5,8,17H,2-3,6-7,9-15H2,(H,21,23). The molecule has 25 heavy (non-hydrogen) atoms. The van der Waals surface area contributed by atoms with Crippen molar-refractivity contribution in [3.63, 3.8) is 0 Å². The fraction of sp³-hybridized carbons (Fsp3) is 0.650. The van der Waals surface area contributed by atoms with Gasteiger partial charge in [-0.05, 0) is 44.6 Å².